The molecule has 2 aromatic rings. The average Bonchev–Trinajstić information content (AvgIpc) is 2.54. The Morgan fingerprint density at radius 3 is 2.17 bits per heavy atom. The topological polar surface area (TPSA) is 32.3 Å². The van der Waals surface area contributed by atoms with E-state index in [-0.39, 0.29) is 5.82 Å². The summed E-state index contributed by atoms with van der Waals surface area (Å²) in [6.45, 7) is 2.06. The largest absolute Gasteiger partial charge is 0.417 e. The van der Waals surface area contributed by atoms with Crippen molar-refractivity contribution in [3.63, 3.8) is 0 Å². The third-order valence-electron chi connectivity index (χ3n) is 3.77. The third kappa shape index (κ3) is 3.61. The predicted octanol–water partition coefficient (Wildman–Crippen LogP) is 3.72. The number of hydrogen-bond acceptors (Lipinski definition) is 4. The Morgan fingerprint density at radius 2 is 1.62 bits per heavy atom. The molecular weight excluding hydrogens is 392 g/mol. The van der Waals surface area contributed by atoms with Crippen LogP contribution in [0.5, 0.6) is 0 Å². The van der Waals surface area contributed by atoms with E-state index in [9.17, 15) is 17.6 Å². The summed E-state index contributed by atoms with van der Waals surface area (Å²) in [4.78, 5) is 11.6. The molecule has 2 aromatic heterocycles. The van der Waals surface area contributed by atoms with E-state index in [1.807, 2.05) is 9.80 Å². The first kappa shape index (κ1) is 16.9. The Morgan fingerprint density at radius 1 is 0.958 bits per heavy atom. The van der Waals surface area contributed by atoms with Gasteiger partial charge in [0.05, 0.1) is 5.56 Å². The fourth-order valence-corrected chi connectivity index (χ4v) is 2.83. The van der Waals surface area contributed by atoms with Gasteiger partial charge in [0.2, 0.25) is 0 Å². The van der Waals surface area contributed by atoms with Crippen molar-refractivity contribution in [2.45, 2.75) is 6.18 Å². The van der Waals surface area contributed by atoms with Gasteiger partial charge in [0.15, 0.2) is 11.6 Å². The monoisotopic (exact) mass is 404 g/mol. The van der Waals surface area contributed by atoms with Crippen molar-refractivity contribution in [1.82, 2.24) is 9.97 Å². The van der Waals surface area contributed by atoms with Gasteiger partial charge in [-0.05, 0) is 34.1 Å². The molecule has 3 heterocycles. The lowest BCUT2D eigenvalue weighted by Gasteiger charge is -2.36. The smallest absolute Gasteiger partial charge is 0.353 e. The van der Waals surface area contributed by atoms with Gasteiger partial charge in [0.1, 0.15) is 5.82 Å². The zero-order valence-electron chi connectivity index (χ0n) is 12.4. The van der Waals surface area contributed by atoms with Crippen LogP contribution in [0.4, 0.5) is 29.2 Å². The first-order valence-electron chi connectivity index (χ1n) is 7.19. The molecule has 0 N–H and O–H groups in total. The van der Waals surface area contributed by atoms with E-state index >= 15 is 0 Å². The third-order valence-corrected chi connectivity index (χ3v) is 4.20. The summed E-state index contributed by atoms with van der Waals surface area (Å²) in [6, 6.07) is 3.73. The van der Waals surface area contributed by atoms with Gasteiger partial charge in [0, 0.05) is 43.0 Å². The summed E-state index contributed by atoms with van der Waals surface area (Å²) in [5.41, 5.74) is -0.772. The summed E-state index contributed by atoms with van der Waals surface area (Å²) in [6.07, 6.45) is -2.03. The number of pyridine rings is 2. The molecule has 0 aliphatic carbocycles. The minimum absolute atomic E-state index is 0.276. The minimum Gasteiger partial charge on any atom is -0.353 e. The molecule has 3 rings (SSSR count). The SMILES string of the molecule is Fc1cc(Br)cnc1N1CCN(c2ccc(C(F)(F)F)cn2)CC1. The molecule has 0 saturated carbocycles. The highest BCUT2D eigenvalue weighted by molar-refractivity contribution is 9.10. The van der Waals surface area contributed by atoms with Crippen molar-refractivity contribution in [3.8, 4) is 0 Å². The molecule has 1 fully saturated rings. The van der Waals surface area contributed by atoms with Crippen LogP contribution in [0.25, 0.3) is 0 Å². The Kier molecular flexibility index (Phi) is 4.62. The maximum absolute atomic E-state index is 13.9. The number of hydrogen-bond donors (Lipinski definition) is 0. The second-order valence-electron chi connectivity index (χ2n) is 5.34. The van der Waals surface area contributed by atoms with E-state index in [2.05, 4.69) is 25.9 Å². The standard InChI is InChI=1S/C15H13BrF4N4/c16-11-7-12(17)14(22-9-11)24-5-3-23(4-6-24)13-2-1-10(8-21-13)15(18,19)20/h1-2,7-9H,3-6H2. The Balaban J connectivity index is 1.66. The lowest BCUT2D eigenvalue weighted by molar-refractivity contribution is -0.137. The summed E-state index contributed by atoms with van der Waals surface area (Å²) in [5.74, 6) is 0.343. The molecule has 0 radical (unpaired) electrons. The van der Waals surface area contributed by atoms with E-state index in [4.69, 9.17) is 0 Å². The highest BCUT2D eigenvalue weighted by Gasteiger charge is 2.31. The van der Waals surface area contributed by atoms with Crippen molar-refractivity contribution < 1.29 is 17.6 Å². The summed E-state index contributed by atoms with van der Waals surface area (Å²) in [7, 11) is 0. The van der Waals surface area contributed by atoms with E-state index in [1.165, 1.54) is 18.3 Å². The number of halogens is 5. The average molecular weight is 405 g/mol. The highest BCUT2D eigenvalue weighted by atomic mass is 79.9. The van der Waals surface area contributed by atoms with Crippen LogP contribution in [0.3, 0.4) is 0 Å². The predicted molar refractivity (Wildman–Crippen MR) is 85.6 cm³/mol. The molecule has 0 aromatic carbocycles. The van der Waals surface area contributed by atoms with E-state index in [0.29, 0.717) is 36.5 Å². The number of rotatable bonds is 2. The second-order valence-corrected chi connectivity index (χ2v) is 6.25. The van der Waals surface area contributed by atoms with Crippen LogP contribution in [0, 0.1) is 5.82 Å². The lowest BCUT2D eigenvalue weighted by Crippen LogP contribution is -2.47. The maximum Gasteiger partial charge on any atom is 0.417 e. The lowest BCUT2D eigenvalue weighted by atomic mass is 10.2. The van der Waals surface area contributed by atoms with Gasteiger partial charge >= 0.3 is 6.18 Å². The summed E-state index contributed by atoms with van der Waals surface area (Å²) >= 11 is 3.16. The fourth-order valence-electron chi connectivity index (χ4n) is 2.53. The molecule has 9 heteroatoms. The Hall–Kier alpha value is -1.90. The van der Waals surface area contributed by atoms with Crippen LogP contribution in [0.1, 0.15) is 5.56 Å². The first-order valence-corrected chi connectivity index (χ1v) is 7.98. The van der Waals surface area contributed by atoms with Gasteiger partial charge in [0.25, 0.3) is 0 Å². The number of piperazine rings is 1. The van der Waals surface area contributed by atoms with Crippen molar-refractivity contribution in [1.29, 1.82) is 0 Å². The molecule has 4 nitrogen and oxygen atoms in total. The molecule has 1 aliphatic heterocycles. The molecule has 24 heavy (non-hydrogen) atoms. The van der Waals surface area contributed by atoms with E-state index in [1.54, 1.807) is 0 Å². The molecule has 0 spiro atoms. The quantitative estimate of drug-likeness (QED) is 0.714. The fraction of sp³-hybridized carbons (Fsp3) is 0.333. The molecule has 1 saturated heterocycles. The van der Waals surface area contributed by atoms with Crippen LogP contribution >= 0.6 is 15.9 Å². The summed E-state index contributed by atoms with van der Waals surface area (Å²) in [5, 5.41) is 0. The van der Waals surface area contributed by atoms with Crippen LogP contribution < -0.4 is 9.80 Å². The molecule has 0 unspecified atom stereocenters. The molecule has 1 aliphatic rings. The Bertz CT molecular complexity index is 712. The van der Waals surface area contributed by atoms with Gasteiger partial charge in [-0.3, -0.25) is 0 Å². The van der Waals surface area contributed by atoms with Gasteiger partial charge in [-0.1, -0.05) is 0 Å². The highest BCUT2D eigenvalue weighted by Crippen LogP contribution is 2.29. The number of anilines is 2. The molecular formula is C15H13BrF4N4. The van der Waals surface area contributed by atoms with Gasteiger partial charge in [-0.2, -0.15) is 13.2 Å². The zero-order valence-corrected chi connectivity index (χ0v) is 14.0. The number of alkyl halides is 3. The van der Waals surface area contributed by atoms with Crippen LogP contribution in [-0.4, -0.2) is 36.1 Å². The zero-order chi connectivity index (χ0) is 17.3. The summed E-state index contributed by atoms with van der Waals surface area (Å²) < 4.78 is 52.2. The van der Waals surface area contributed by atoms with Crippen molar-refractivity contribution in [3.05, 3.63) is 46.4 Å². The van der Waals surface area contributed by atoms with Crippen LogP contribution in [0.15, 0.2) is 35.1 Å². The van der Waals surface area contributed by atoms with Crippen LogP contribution in [0.2, 0.25) is 0 Å². The number of aromatic nitrogens is 2. The minimum atomic E-state index is -4.39. The van der Waals surface area contributed by atoms with Gasteiger partial charge in [-0.25, -0.2) is 14.4 Å². The van der Waals surface area contributed by atoms with Crippen LogP contribution in [-0.2, 0) is 6.18 Å². The molecule has 0 bridgehead atoms. The normalized spacial score (nSPS) is 15.7. The first-order chi connectivity index (χ1) is 11.3. The second kappa shape index (κ2) is 6.54. The Labute approximate surface area is 144 Å². The molecule has 0 atom stereocenters. The molecule has 0 amide bonds. The van der Waals surface area contributed by atoms with E-state index < -0.39 is 17.6 Å². The van der Waals surface area contributed by atoms with Crippen molar-refractivity contribution >= 4 is 27.6 Å². The van der Waals surface area contributed by atoms with Crippen molar-refractivity contribution in [2.75, 3.05) is 36.0 Å². The molecule has 128 valence electrons. The van der Waals surface area contributed by atoms with E-state index in [0.717, 1.165) is 12.3 Å². The van der Waals surface area contributed by atoms with Gasteiger partial charge < -0.3 is 9.80 Å². The van der Waals surface area contributed by atoms with Crippen molar-refractivity contribution in [2.24, 2.45) is 0 Å². The van der Waals surface area contributed by atoms with Gasteiger partial charge in [-0.15, -0.1) is 0 Å². The number of nitrogens with zero attached hydrogens (tertiary/aromatic N) is 4. The maximum atomic E-state index is 13.9.